The van der Waals surface area contributed by atoms with Crippen LogP contribution >= 0.6 is 0 Å². The highest BCUT2D eigenvalue weighted by Crippen LogP contribution is 1.91. The standard InChI is InChI=1S/C12H24N2O5/c1-18-9-7-14(6-8-15)10-11(16)13-5-3-4-12(17)19-2/h15H,3-10H2,1-2H3,(H,13,16). The molecular weight excluding hydrogens is 252 g/mol. The number of amides is 1. The number of aliphatic hydroxyl groups is 1. The van der Waals surface area contributed by atoms with Crippen LogP contribution in [0, 0.1) is 0 Å². The van der Waals surface area contributed by atoms with Crippen molar-refractivity contribution >= 4 is 11.9 Å². The van der Waals surface area contributed by atoms with Gasteiger partial charge in [-0.1, -0.05) is 0 Å². The Labute approximate surface area is 113 Å². The molecule has 7 nitrogen and oxygen atoms in total. The number of nitrogens with one attached hydrogen (secondary N) is 1. The summed E-state index contributed by atoms with van der Waals surface area (Å²) in [6.45, 7) is 2.17. The van der Waals surface area contributed by atoms with E-state index in [9.17, 15) is 9.59 Å². The van der Waals surface area contributed by atoms with Crippen LogP contribution in [0.3, 0.4) is 0 Å². The molecule has 7 heteroatoms. The van der Waals surface area contributed by atoms with E-state index in [1.54, 1.807) is 12.0 Å². The average Bonchev–Trinajstić information content (AvgIpc) is 2.40. The Kier molecular flexibility index (Phi) is 11.1. The van der Waals surface area contributed by atoms with E-state index in [-0.39, 0.29) is 25.0 Å². The molecule has 19 heavy (non-hydrogen) atoms. The van der Waals surface area contributed by atoms with Crippen LogP contribution in [-0.4, -0.2) is 75.5 Å². The van der Waals surface area contributed by atoms with Gasteiger partial charge in [-0.05, 0) is 6.42 Å². The van der Waals surface area contributed by atoms with Gasteiger partial charge in [0.25, 0.3) is 0 Å². The van der Waals surface area contributed by atoms with Crippen LogP contribution in [0.4, 0.5) is 0 Å². The summed E-state index contributed by atoms with van der Waals surface area (Å²) in [5.74, 6) is -0.411. The quantitative estimate of drug-likeness (QED) is 0.372. The third-order valence-corrected chi connectivity index (χ3v) is 2.50. The maximum atomic E-state index is 11.6. The third kappa shape index (κ3) is 10.4. The molecule has 0 fully saturated rings. The molecule has 0 aliphatic heterocycles. The van der Waals surface area contributed by atoms with Gasteiger partial charge in [-0.2, -0.15) is 0 Å². The molecule has 0 rings (SSSR count). The van der Waals surface area contributed by atoms with Gasteiger partial charge < -0.3 is 19.9 Å². The summed E-state index contributed by atoms with van der Waals surface area (Å²) in [5.41, 5.74) is 0. The second-order valence-electron chi connectivity index (χ2n) is 4.02. The molecule has 0 unspecified atom stereocenters. The number of nitrogens with zero attached hydrogens (tertiary/aromatic N) is 1. The molecule has 0 radical (unpaired) electrons. The predicted molar refractivity (Wildman–Crippen MR) is 69.7 cm³/mol. The van der Waals surface area contributed by atoms with E-state index in [4.69, 9.17) is 9.84 Å². The van der Waals surface area contributed by atoms with Gasteiger partial charge in [-0.25, -0.2) is 0 Å². The summed E-state index contributed by atoms with van der Waals surface area (Å²) in [6, 6.07) is 0. The smallest absolute Gasteiger partial charge is 0.305 e. The highest BCUT2D eigenvalue weighted by atomic mass is 16.5. The molecular formula is C12H24N2O5. The number of ether oxygens (including phenoxy) is 2. The van der Waals surface area contributed by atoms with Crippen molar-refractivity contribution in [2.45, 2.75) is 12.8 Å². The van der Waals surface area contributed by atoms with Crippen molar-refractivity contribution in [3.05, 3.63) is 0 Å². The fourth-order valence-electron chi connectivity index (χ4n) is 1.45. The van der Waals surface area contributed by atoms with Crippen molar-refractivity contribution in [2.24, 2.45) is 0 Å². The molecule has 0 saturated heterocycles. The van der Waals surface area contributed by atoms with Gasteiger partial charge in [0.15, 0.2) is 0 Å². The van der Waals surface area contributed by atoms with Gasteiger partial charge in [0.05, 0.1) is 26.9 Å². The van der Waals surface area contributed by atoms with E-state index in [0.29, 0.717) is 39.1 Å². The van der Waals surface area contributed by atoms with E-state index in [0.717, 1.165) is 0 Å². The van der Waals surface area contributed by atoms with Crippen LogP contribution in [0.5, 0.6) is 0 Å². The maximum Gasteiger partial charge on any atom is 0.305 e. The van der Waals surface area contributed by atoms with Crippen molar-refractivity contribution < 1.29 is 24.2 Å². The first-order chi connectivity index (χ1) is 9.13. The Hall–Kier alpha value is -1.18. The SMILES string of the molecule is COCCN(CCO)CC(=O)NCCCC(=O)OC. The zero-order chi connectivity index (χ0) is 14.5. The monoisotopic (exact) mass is 276 g/mol. The molecule has 1 amide bonds. The number of rotatable bonds is 11. The Balaban J connectivity index is 3.76. The predicted octanol–water partition coefficient (Wildman–Crippen LogP) is -1.00. The largest absolute Gasteiger partial charge is 0.469 e. The van der Waals surface area contributed by atoms with Crippen molar-refractivity contribution in [1.82, 2.24) is 10.2 Å². The molecule has 0 atom stereocenters. The molecule has 2 N–H and O–H groups in total. The van der Waals surface area contributed by atoms with E-state index in [1.807, 2.05) is 0 Å². The van der Waals surface area contributed by atoms with Crippen molar-refractivity contribution in [1.29, 1.82) is 0 Å². The summed E-state index contributed by atoms with van der Waals surface area (Å²) in [6.07, 6.45) is 0.845. The Morgan fingerprint density at radius 3 is 2.58 bits per heavy atom. The second-order valence-corrected chi connectivity index (χ2v) is 4.02. The van der Waals surface area contributed by atoms with Crippen LogP contribution in [0.2, 0.25) is 0 Å². The molecule has 0 aromatic heterocycles. The third-order valence-electron chi connectivity index (χ3n) is 2.50. The molecule has 0 spiro atoms. The van der Waals surface area contributed by atoms with Crippen molar-refractivity contribution in [3.8, 4) is 0 Å². The summed E-state index contributed by atoms with van der Waals surface area (Å²) in [5, 5.41) is 11.6. The first kappa shape index (κ1) is 17.8. The van der Waals surface area contributed by atoms with E-state index >= 15 is 0 Å². The molecule has 0 aliphatic carbocycles. The van der Waals surface area contributed by atoms with E-state index in [2.05, 4.69) is 10.1 Å². The summed E-state index contributed by atoms with van der Waals surface area (Å²) in [4.78, 5) is 24.3. The normalized spacial score (nSPS) is 10.5. The van der Waals surface area contributed by atoms with Crippen molar-refractivity contribution in [3.63, 3.8) is 0 Å². The first-order valence-electron chi connectivity index (χ1n) is 6.29. The zero-order valence-corrected chi connectivity index (χ0v) is 11.7. The van der Waals surface area contributed by atoms with Crippen LogP contribution in [0.25, 0.3) is 0 Å². The first-order valence-corrected chi connectivity index (χ1v) is 6.29. The van der Waals surface area contributed by atoms with Gasteiger partial charge in [-0.15, -0.1) is 0 Å². The minimum absolute atomic E-state index is 0.000660. The second kappa shape index (κ2) is 11.9. The lowest BCUT2D eigenvalue weighted by molar-refractivity contribution is -0.140. The lowest BCUT2D eigenvalue weighted by Crippen LogP contribution is -2.40. The Bertz CT molecular complexity index is 261. The molecule has 0 bridgehead atoms. The number of aliphatic hydroxyl groups excluding tert-OH is 1. The highest BCUT2D eigenvalue weighted by molar-refractivity contribution is 5.78. The maximum absolute atomic E-state index is 11.6. The minimum Gasteiger partial charge on any atom is -0.469 e. The van der Waals surface area contributed by atoms with E-state index in [1.165, 1.54) is 7.11 Å². The van der Waals surface area contributed by atoms with Gasteiger partial charge in [-0.3, -0.25) is 14.5 Å². The number of hydrogen-bond acceptors (Lipinski definition) is 6. The Morgan fingerprint density at radius 2 is 2.00 bits per heavy atom. The lowest BCUT2D eigenvalue weighted by atomic mass is 10.3. The van der Waals surface area contributed by atoms with Gasteiger partial charge in [0, 0.05) is 33.2 Å². The number of carbonyl (C=O) groups is 2. The number of methoxy groups -OCH3 is 2. The van der Waals surface area contributed by atoms with Crippen LogP contribution < -0.4 is 5.32 Å². The summed E-state index contributed by atoms with van der Waals surface area (Å²) >= 11 is 0. The topological polar surface area (TPSA) is 88.1 Å². The molecule has 0 aliphatic rings. The fraction of sp³-hybridized carbons (Fsp3) is 0.833. The minimum atomic E-state index is -0.281. The average molecular weight is 276 g/mol. The molecule has 0 heterocycles. The fourth-order valence-corrected chi connectivity index (χ4v) is 1.45. The van der Waals surface area contributed by atoms with Crippen molar-refractivity contribution in [2.75, 3.05) is 53.6 Å². The van der Waals surface area contributed by atoms with E-state index < -0.39 is 0 Å². The van der Waals surface area contributed by atoms with Gasteiger partial charge in [0.2, 0.25) is 5.91 Å². The van der Waals surface area contributed by atoms with Crippen LogP contribution in [-0.2, 0) is 19.1 Å². The molecule has 0 aromatic rings. The highest BCUT2D eigenvalue weighted by Gasteiger charge is 2.09. The number of hydrogen-bond donors (Lipinski definition) is 2. The van der Waals surface area contributed by atoms with Crippen LogP contribution in [0.15, 0.2) is 0 Å². The summed E-state index contributed by atoms with van der Waals surface area (Å²) in [7, 11) is 2.92. The number of carbonyl (C=O) groups excluding carboxylic acids is 2. The Morgan fingerprint density at radius 1 is 1.26 bits per heavy atom. The summed E-state index contributed by atoms with van der Waals surface area (Å²) < 4.78 is 9.43. The van der Waals surface area contributed by atoms with Gasteiger partial charge >= 0.3 is 5.97 Å². The van der Waals surface area contributed by atoms with Crippen LogP contribution in [0.1, 0.15) is 12.8 Å². The van der Waals surface area contributed by atoms with Gasteiger partial charge in [0.1, 0.15) is 0 Å². The molecule has 112 valence electrons. The lowest BCUT2D eigenvalue weighted by Gasteiger charge is -2.20. The number of esters is 1. The zero-order valence-electron chi connectivity index (χ0n) is 11.7. The molecule has 0 aromatic carbocycles. The molecule has 0 saturated carbocycles.